The second-order valence-corrected chi connectivity index (χ2v) is 6.30. The topological polar surface area (TPSA) is 62.5 Å². The largest absolute Gasteiger partial charge is 0.503 e. The van der Waals surface area contributed by atoms with E-state index >= 15 is 0 Å². The lowest BCUT2D eigenvalue weighted by Crippen LogP contribution is -2.15. The van der Waals surface area contributed by atoms with E-state index in [0.717, 1.165) is 18.2 Å². The van der Waals surface area contributed by atoms with Gasteiger partial charge in [-0.3, -0.25) is 4.79 Å². The number of hydrogen-bond donors (Lipinski definition) is 2. The molecule has 160 valence electrons. The van der Waals surface area contributed by atoms with E-state index in [-0.39, 0.29) is 12.1 Å². The molecule has 0 radical (unpaired) electrons. The van der Waals surface area contributed by atoms with E-state index < -0.39 is 28.9 Å². The van der Waals surface area contributed by atoms with Crippen LogP contribution in [0.1, 0.15) is 38.0 Å². The minimum absolute atomic E-state index is 0.131. The molecular formula is C24H27F2NO3. The predicted molar refractivity (Wildman–Crippen MR) is 118 cm³/mol. The van der Waals surface area contributed by atoms with E-state index in [4.69, 9.17) is 0 Å². The van der Waals surface area contributed by atoms with Crippen molar-refractivity contribution >= 4 is 5.70 Å². The zero-order valence-electron chi connectivity index (χ0n) is 17.0. The lowest BCUT2D eigenvalue weighted by atomic mass is 10.1. The van der Waals surface area contributed by atoms with Crippen LogP contribution in [-0.4, -0.2) is 14.8 Å². The first-order chi connectivity index (χ1) is 14.3. The van der Waals surface area contributed by atoms with Crippen molar-refractivity contribution in [1.29, 1.82) is 0 Å². The molecule has 4 nitrogen and oxygen atoms in total. The van der Waals surface area contributed by atoms with E-state index in [1.165, 1.54) is 17.7 Å². The maximum Gasteiger partial charge on any atom is 0.223 e. The second kappa shape index (κ2) is 13.1. The van der Waals surface area contributed by atoms with Crippen molar-refractivity contribution in [3.05, 3.63) is 108 Å². The van der Waals surface area contributed by atoms with Crippen molar-refractivity contribution < 1.29 is 19.0 Å². The van der Waals surface area contributed by atoms with Crippen molar-refractivity contribution in [1.82, 2.24) is 4.57 Å². The Balaban J connectivity index is 2.94. The zero-order chi connectivity index (χ0) is 22.5. The van der Waals surface area contributed by atoms with Gasteiger partial charge in [0.2, 0.25) is 5.43 Å². The van der Waals surface area contributed by atoms with Crippen LogP contribution in [0.2, 0.25) is 0 Å². The van der Waals surface area contributed by atoms with E-state index in [9.17, 15) is 23.8 Å². The average molecular weight is 415 g/mol. The van der Waals surface area contributed by atoms with Crippen molar-refractivity contribution in [2.75, 3.05) is 0 Å². The third-order valence-electron chi connectivity index (χ3n) is 4.06. The first-order valence-electron chi connectivity index (χ1n) is 9.42. The molecule has 0 spiro atoms. The fourth-order valence-corrected chi connectivity index (χ4v) is 2.46. The quantitative estimate of drug-likeness (QED) is 0.448. The molecular weight excluding hydrogens is 388 g/mol. The lowest BCUT2D eigenvalue weighted by molar-refractivity contribution is 0.173. The standard InChI is InChI=1S/C24H27F2NO3/c1-4-6-7-8-9-10-11-12-13-18(3)27-17-24(30)23(29)16-21(27)22(28)15-14-20(26)19(25)5-2/h4-11,14,16-17,22,28,30H,1,3,12-13,15H2,2H3/b7-6-,9-8+,11-10+,19-5+,20-14+. The minimum Gasteiger partial charge on any atom is -0.503 e. The van der Waals surface area contributed by atoms with Gasteiger partial charge in [-0.2, -0.15) is 0 Å². The summed E-state index contributed by atoms with van der Waals surface area (Å²) in [6, 6.07) is 1.06. The van der Waals surface area contributed by atoms with E-state index in [0.29, 0.717) is 18.5 Å². The fraction of sp³-hybridized carbons (Fsp3) is 0.208. The van der Waals surface area contributed by atoms with Crippen molar-refractivity contribution in [2.24, 2.45) is 0 Å². The Morgan fingerprint density at radius 3 is 2.53 bits per heavy atom. The van der Waals surface area contributed by atoms with Crippen LogP contribution in [-0.2, 0) is 0 Å². The third-order valence-corrected chi connectivity index (χ3v) is 4.06. The molecule has 0 fully saturated rings. The summed E-state index contributed by atoms with van der Waals surface area (Å²) in [5.41, 5.74) is -0.0374. The summed E-state index contributed by atoms with van der Waals surface area (Å²) in [5, 5.41) is 20.2. The van der Waals surface area contributed by atoms with Crippen LogP contribution in [0.4, 0.5) is 8.78 Å². The summed E-state index contributed by atoms with van der Waals surface area (Å²) >= 11 is 0. The highest BCUT2D eigenvalue weighted by molar-refractivity contribution is 5.46. The summed E-state index contributed by atoms with van der Waals surface area (Å²) in [5.74, 6) is -2.62. The monoisotopic (exact) mass is 415 g/mol. The van der Waals surface area contributed by atoms with Crippen molar-refractivity contribution in [2.45, 2.75) is 32.3 Å². The highest BCUT2D eigenvalue weighted by atomic mass is 19.2. The van der Waals surface area contributed by atoms with Gasteiger partial charge in [0.1, 0.15) is 0 Å². The Bertz CT molecular complexity index is 950. The number of pyridine rings is 1. The van der Waals surface area contributed by atoms with Crippen LogP contribution in [0.15, 0.2) is 96.6 Å². The second-order valence-electron chi connectivity index (χ2n) is 6.30. The summed E-state index contributed by atoms with van der Waals surface area (Å²) in [6.45, 7) is 8.86. The first-order valence-corrected chi connectivity index (χ1v) is 9.42. The number of rotatable bonds is 11. The molecule has 2 N–H and O–H groups in total. The van der Waals surface area contributed by atoms with Gasteiger partial charge < -0.3 is 14.8 Å². The molecule has 1 heterocycles. The number of allylic oxidation sites excluding steroid dienone is 11. The van der Waals surface area contributed by atoms with Crippen LogP contribution >= 0.6 is 0 Å². The van der Waals surface area contributed by atoms with Crippen LogP contribution in [0.5, 0.6) is 5.75 Å². The normalized spacial score (nSPS) is 14.1. The highest BCUT2D eigenvalue weighted by Gasteiger charge is 2.16. The molecule has 6 heteroatoms. The number of hydrogen-bond acceptors (Lipinski definition) is 3. The van der Waals surface area contributed by atoms with Crippen molar-refractivity contribution in [3.8, 4) is 5.75 Å². The average Bonchev–Trinajstić information content (AvgIpc) is 2.74. The summed E-state index contributed by atoms with van der Waals surface area (Å²) < 4.78 is 28.2. The summed E-state index contributed by atoms with van der Waals surface area (Å²) in [4.78, 5) is 11.8. The van der Waals surface area contributed by atoms with Gasteiger partial charge in [-0.05, 0) is 31.9 Å². The number of aliphatic hydroxyl groups is 1. The molecule has 0 aliphatic rings. The number of aliphatic hydroxyl groups excluding tert-OH is 1. The van der Waals surface area contributed by atoms with Gasteiger partial charge in [0, 0.05) is 18.2 Å². The van der Waals surface area contributed by atoms with Gasteiger partial charge in [0.15, 0.2) is 17.4 Å². The third kappa shape index (κ3) is 8.01. The predicted octanol–water partition coefficient (Wildman–Crippen LogP) is 5.81. The number of nitrogens with zero attached hydrogens (tertiary/aromatic N) is 1. The molecule has 1 atom stereocenters. The number of halogens is 2. The van der Waals surface area contributed by atoms with Crippen LogP contribution in [0.25, 0.3) is 5.70 Å². The highest BCUT2D eigenvalue weighted by Crippen LogP contribution is 2.24. The number of aromatic nitrogens is 1. The molecule has 0 saturated carbocycles. The van der Waals surface area contributed by atoms with Gasteiger partial charge >= 0.3 is 0 Å². The molecule has 0 bridgehead atoms. The van der Waals surface area contributed by atoms with Crippen molar-refractivity contribution in [3.63, 3.8) is 0 Å². The van der Waals surface area contributed by atoms with Gasteiger partial charge in [-0.15, -0.1) is 0 Å². The van der Waals surface area contributed by atoms with E-state index in [1.54, 1.807) is 12.2 Å². The van der Waals surface area contributed by atoms with Crippen LogP contribution in [0.3, 0.4) is 0 Å². The zero-order valence-corrected chi connectivity index (χ0v) is 17.0. The Morgan fingerprint density at radius 1 is 1.20 bits per heavy atom. The van der Waals surface area contributed by atoms with E-state index in [2.05, 4.69) is 13.2 Å². The Labute approximate surface area is 175 Å². The first kappa shape index (κ1) is 24.8. The molecule has 0 aliphatic heterocycles. The van der Waals surface area contributed by atoms with Crippen LogP contribution in [0, 0.1) is 0 Å². The van der Waals surface area contributed by atoms with Gasteiger partial charge in [0.05, 0.1) is 18.0 Å². The number of aromatic hydroxyl groups is 1. The van der Waals surface area contributed by atoms with Gasteiger partial charge in [-0.1, -0.05) is 55.7 Å². The van der Waals surface area contributed by atoms with Crippen LogP contribution < -0.4 is 5.43 Å². The molecule has 0 aromatic carbocycles. The molecule has 1 unspecified atom stereocenters. The summed E-state index contributed by atoms with van der Waals surface area (Å²) in [7, 11) is 0. The van der Waals surface area contributed by atoms with Gasteiger partial charge in [0.25, 0.3) is 0 Å². The molecule has 1 rings (SSSR count). The minimum atomic E-state index is -1.29. The molecule has 0 saturated heterocycles. The SMILES string of the molecule is C=C\C=C/C=C/C=C/CCC(=C)n1cc(O)c(=O)cc1C(O)C/C=C(F)\C(F)=C/C. The smallest absolute Gasteiger partial charge is 0.223 e. The molecule has 30 heavy (non-hydrogen) atoms. The molecule has 1 aromatic rings. The Kier molecular flexibility index (Phi) is 10.8. The Morgan fingerprint density at radius 2 is 1.87 bits per heavy atom. The molecule has 0 amide bonds. The van der Waals surface area contributed by atoms with Gasteiger partial charge in [-0.25, -0.2) is 8.78 Å². The fourth-order valence-electron chi connectivity index (χ4n) is 2.46. The molecule has 0 aliphatic carbocycles. The summed E-state index contributed by atoms with van der Waals surface area (Å²) in [6.07, 6.45) is 15.4. The molecule has 1 aromatic heterocycles. The maximum atomic E-state index is 13.6. The Hall–Kier alpha value is -3.25. The lowest BCUT2D eigenvalue weighted by Gasteiger charge is -2.19. The van der Waals surface area contributed by atoms with E-state index in [1.807, 2.05) is 30.4 Å². The maximum absolute atomic E-state index is 13.6.